The minimum atomic E-state index is -0.682. The van der Waals surface area contributed by atoms with Gasteiger partial charge in [0.25, 0.3) is 0 Å². The molecule has 0 radical (unpaired) electrons. The quantitative estimate of drug-likeness (QED) is 0.492. The molecule has 2 rings (SSSR count). The Balaban J connectivity index is 2.25. The first-order chi connectivity index (χ1) is 13.0. The van der Waals surface area contributed by atoms with Crippen molar-refractivity contribution in [3.05, 3.63) is 11.6 Å². The lowest BCUT2D eigenvalue weighted by molar-refractivity contribution is -0.163. The van der Waals surface area contributed by atoms with E-state index in [1.165, 1.54) is 6.92 Å². The third-order valence-electron chi connectivity index (χ3n) is 7.06. The lowest BCUT2D eigenvalue weighted by Gasteiger charge is -2.47. The van der Waals surface area contributed by atoms with Crippen LogP contribution in [0.1, 0.15) is 74.1 Å². The van der Waals surface area contributed by atoms with Crippen LogP contribution in [0.5, 0.6) is 0 Å². The van der Waals surface area contributed by atoms with E-state index in [2.05, 4.69) is 13.8 Å². The van der Waals surface area contributed by atoms with Crippen LogP contribution in [0.4, 0.5) is 0 Å². The highest BCUT2D eigenvalue weighted by Gasteiger charge is 2.60. The number of allylic oxidation sites excluding steroid dienone is 1. The molecule has 158 valence electrons. The summed E-state index contributed by atoms with van der Waals surface area (Å²) in [4.78, 5) is 36.8. The highest BCUT2D eigenvalue weighted by Crippen LogP contribution is 2.57. The van der Waals surface area contributed by atoms with Crippen molar-refractivity contribution in [3.63, 3.8) is 0 Å². The molecule has 0 bridgehead atoms. The largest absolute Gasteiger partial charge is 0.462 e. The minimum absolute atomic E-state index is 0.136. The summed E-state index contributed by atoms with van der Waals surface area (Å²) < 4.78 is 11.2. The van der Waals surface area contributed by atoms with Crippen molar-refractivity contribution >= 4 is 17.7 Å². The van der Waals surface area contributed by atoms with Gasteiger partial charge in [0.1, 0.15) is 18.0 Å². The second-order valence-electron chi connectivity index (χ2n) is 9.23. The molecule has 0 aromatic heterocycles. The molecule has 2 aliphatic rings. The molecule has 5 nitrogen and oxygen atoms in total. The Morgan fingerprint density at radius 2 is 1.86 bits per heavy atom. The van der Waals surface area contributed by atoms with Crippen LogP contribution in [0.2, 0.25) is 0 Å². The van der Waals surface area contributed by atoms with Gasteiger partial charge in [0.05, 0.1) is 5.41 Å². The van der Waals surface area contributed by atoms with Gasteiger partial charge in [0.15, 0.2) is 0 Å². The Labute approximate surface area is 169 Å². The molecule has 0 amide bonds. The summed E-state index contributed by atoms with van der Waals surface area (Å²) in [6.45, 7) is 13.4. The molecule has 0 heterocycles. The number of esters is 2. The van der Waals surface area contributed by atoms with Gasteiger partial charge in [-0.05, 0) is 63.7 Å². The zero-order chi connectivity index (χ0) is 21.2. The highest BCUT2D eigenvalue weighted by molar-refractivity contribution is 5.88. The van der Waals surface area contributed by atoms with Crippen LogP contribution in [0, 0.1) is 29.1 Å². The van der Waals surface area contributed by atoms with E-state index in [9.17, 15) is 14.4 Å². The van der Waals surface area contributed by atoms with Gasteiger partial charge in [0.2, 0.25) is 0 Å². The van der Waals surface area contributed by atoms with Crippen molar-refractivity contribution in [2.75, 3.05) is 0 Å². The smallest absolute Gasteiger partial charge is 0.330 e. The van der Waals surface area contributed by atoms with E-state index in [4.69, 9.17) is 9.47 Å². The lowest BCUT2D eigenvalue weighted by atomic mass is 9.59. The Kier molecular flexibility index (Phi) is 7.11. The van der Waals surface area contributed by atoms with Gasteiger partial charge in [-0.15, -0.1) is 0 Å². The Hall–Kier alpha value is -1.65. The molecular weight excluding hydrogens is 356 g/mol. The summed E-state index contributed by atoms with van der Waals surface area (Å²) in [6.07, 6.45) is 3.69. The van der Waals surface area contributed by atoms with Gasteiger partial charge in [-0.1, -0.05) is 26.3 Å². The topological polar surface area (TPSA) is 69.7 Å². The summed E-state index contributed by atoms with van der Waals surface area (Å²) >= 11 is 0. The average Bonchev–Trinajstić information content (AvgIpc) is 2.84. The molecule has 28 heavy (non-hydrogen) atoms. The normalized spacial score (nSPS) is 34.1. The fraction of sp³-hybridized carbons (Fsp3) is 0.783. The van der Waals surface area contributed by atoms with E-state index in [-0.39, 0.29) is 41.6 Å². The number of ether oxygens (including phenoxy) is 2. The van der Waals surface area contributed by atoms with E-state index in [0.29, 0.717) is 18.8 Å². The van der Waals surface area contributed by atoms with Crippen LogP contribution in [-0.2, 0) is 23.9 Å². The predicted octanol–water partition coefficient (Wildman–Crippen LogP) is 4.48. The number of Topliss-reactive ketones (excluding diaryl/α,β-unsaturated/α-hetero) is 1. The number of carbonyl (C=O) groups excluding carboxylic acids is 3. The van der Waals surface area contributed by atoms with Crippen molar-refractivity contribution in [2.45, 2.75) is 86.4 Å². The number of ketones is 1. The maximum absolute atomic E-state index is 13.1. The highest BCUT2D eigenvalue weighted by atomic mass is 16.5. The van der Waals surface area contributed by atoms with Crippen molar-refractivity contribution in [1.29, 1.82) is 0 Å². The van der Waals surface area contributed by atoms with Crippen LogP contribution in [0.25, 0.3) is 0 Å². The standard InChI is InChI=1S/C23H36O5/c1-8-14(4)9-21(26)28-18-10-17-11-20(25)23(7,15(5)27-16(6)24)22(17)19(12-18)13(2)3/h9,13,15,17-19,22H,8,10-12H2,1-7H3/b14-9+/t15-,17?,18+,19+,22?,23+/m1/s1. The Bertz CT molecular complexity index is 649. The van der Waals surface area contributed by atoms with Crippen molar-refractivity contribution in [2.24, 2.45) is 29.1 Å². The van der Waals surface area contributed by atoms with E-state index in [0.717, 1.165) is 18.4 Å². The first-order valence-corrected chi connectivity index (χ1v) is 10.6. The van der Waals surface area contributed by atoms with E-state index >= 15 is 0 Å². The van der Waals surface area contributed by atoms with Crippen molar-refractivity contribution in [1.82, 2.24) is 0 Å². The molecular formula is C23H36O5. The number of hydrogen-bond acceptors (Lipinski definition) is 5. The summed E-state index contributed by atoms with van der Waals surface area (Å²) in [5.74, 6) is 0.398. The third-order valence-corrected chi connectivity index (χ3v) is 7.06. The van der Waals surface area contributed by atoms with Gasteiger partial charge in [-0.25, -0.2) is 4.79 Å². The second-order valence-corrected chi connectivity index (χ2v) is 9.23. The van der Waals surface area contributed by atoms with Gasteiger partial charge in [0, 0.05) is 19.4 Å². The van der Waals surface area contributed by atoms with Crippen molar-refractivity contribution in [3.8, 4) is 0 Å². The molecule has 2 aliphatic carbocycles. The number of hydrogen-bond donors (Lipinski definition) is 0. The summed E-state index contributed by atoms with van der Waals surface area (Å²) in [6, 6.07) is 0. The summed E-state index contributed by atoms with van der Waals surface area (Å²) in [7, 11) is 0. The second kappa shape index (κ2) is 8.79. The molecule has 6 atom stereocenters. The Morgan fingerprint density at radius 3 is 2.39 bits per heavy atom. The lowest BCUT2D eigenvalue weighted by Crippen LogP contribution is -2.49. The van der Waals surface area contributed by atoms with Crippen LogP contribution in [-0.4, -0.2) is 29.9 Å². The fourth-order valence-corrected chi connectivity index (χ4v) is 5.32. The van der Waals surface area contributed by atoms with Crippen LogP contribution in [0.3, 0.4) is 0 Å². The van der Waals surface area contributed by atoms with E-state index < -0.39 is 11.5 Å². The van der Waals surface area contributed by atoms with Crippen LogP contribution >= 0.6 is 0 Å². The molecule has 0 N–H and O–H groups in total. The molecule has 2 unspecified atom stereocenters. The van der Waals surface area contributed by atoms with Gasteiger partial charge >= 0.3 is 11.9 Å². The van der Waals surface area contributed by atoms with Crippen molar-refractivity contribution < 1.29 is 23.9 Å². The van der Waals surface area contributed by atoms with Crippen LogP contribution in [0.15, 0.2) is 11.6 Å². The molecule has 2 fully saturated rings. The minimum Gasteiger partial charge on any atom is -0.462 e. The number of fused-ring (bicyclic) bond motifs is 1. The monoisotopic (exact) mass is 392 g/mol. The fourth-order valence-electron chi connectivity index (χ4n) is 5.32. The zero-order valence-electron chi connectivity index (χ0n) is 18.4. The molecule has 0 saturated heterocycles. The molecule has 5 heteroatoms. The molecule has 0 aromatic rings. The number of rotatable bonds is 6. The molecule has 2 saturated carbocycles. The van der Waals surface area contributed by atoms with Gasteiger partial charge in [-0.3, -0.25) is 9.59 Å². The zero-order valence-corrected chi connectivity index (χ0v) is 18.4. The first kappa shape index (κ1) is 22.6. The molecule has 0 aromatic carbocycles. The summed E-state index contributed by atoms with van der Waals surface area (Å²) in [5, 5.41) is 0. The predicted molar refractivity (Wildman–Crippen MR) is 107 cm³/mol. The maximum atomic E-state index is 13.1. The maximum Gasteiger partial charge on any atom is 0.330 e. The first-order valence-electron chi connectivity index (χ1n) is 10.6. The number of carbonyl (C=O) groups is 3. The Morgan fingerprint density at radius 1 is 1.21 bits per heavy atom. The van der Waals surface area contributed by atoms with Gasteiger partial charge in [-0.2, -0.15) is 0 Å². The van der Waals surface area contributed by atoms with E-state index in [1.54, 1.807) is 6.08 Å². The SMILES string of the molecule is CC/C(C)=C/C(=O)O[C@H]1CC2CC(=O)[C@](C)([C@@H](C)OC(C)=O)C2[C@H](C(C)C)C1. The van der Waals surface area contributed by atoms with E-state index in [1.807, 2.05) is 27.7 Å². The third kappa shape index (κ3) is 4.49. The average molecular weight is 393 g/mol. The summed E-state index contributed by atoms with van der Waals surface area (Å²) in [5.41, 5.74) is 0.316. The molecule has 0 spiro atoms. The molecule has 0 aliphatic heterocycles. The van der Waals surface area contributed by atoms with Gasteiger partial charge < -0.3 is 9.47 Å². The van der Waals surface area contributed by atoms with Crippen LogP contribution < -0.4 is 0 Å².